The van der Waals surface area contributed by atoms with Crippen LogP contribution in [0, 0.1) is 18.3 Å². The maximum atomic E-state index is 13.0. The fourth-order valence-corrected chi connectivity index (χ4v) is 4.84. The lowest BCUT2D eigenvalue weighted by Gasteiger charge is -2.35. The largest absolute Gasteiger partial charge is 0.355 e. The molecule has 6 heteroatoms. The molecule has 1 N–H and O–H groups in total. The van der Waals surface area contributed by atoms with Gasteiger partial charge in [0.2, 0.25) is 11.8 Å². The zero-order valence-electron chi connectivity index (χ0n) is 19.3. The summed E-state index contributed by atoms with van der Waals surface area (Å²) in [5.74, 6) is 0.425. The van der Waals surface area contributed by atoms with Crippen LogP contribution in [0.15, 0.2) is 24.3 Å². The van der Waals surface area contributed by atoms with Gasteiger partial charge in [0.15, 0.2) is 0 Å². The number of aryl methyl sites for hydroxylation is 1. The minimum atomic E-state index is -0.0469. The third-order valence-corrected chi connectivity index (χ3v) is 6.35. The Morgan fingerprint density at radius 2 is 1.73 bits per heavy atom. The van der Waals surface area contributed by atoms with E-state index in [1.54, 1.807) is 0 Å². The van der Waals surface area contributed by atoms with Gasteiger partial charge in [-0.05, 0) is 70.9 Å². The maximum absolute atomic E-state index is 13.0. The van der Waals surface area contributed by atoms with Crippen molar-refractivity contribution in [2.24, 2.45) is 11.3 Å². The Morgan fingerprint density at radius 1 is 1.10 bits per heavy atom. The zero-order chi connectivity index (χ0) is 21.9. The number of nitrogens with zero attached hydrogens (tertiary/aromatic N) is 3. The highest BCUT2D eigenvalue weighted by molar-refractivity contribution is 5.99. The summed E-state index contributed by atoms with van der Waals surface area (Å²) in [6, 6.07) is 8.13. The molecule has 1 atom stereocenters. The highest BCUT2D eigenvalue weighted by Gasteiger charge is 2.39. The number of nitrogens with one attached hydrogen (secondary N) is 1. The second-order valence-corrected chi connectivity index (χ2v) is 10.1. The van der Waals surface area contributed by atoms with Crippen molar-refractivity contribution in [3.8, 4) is 0 Å². The second-order valence-electron chi connectivity index (χ2n) is 10.1. The molecule has 1 unspecified atom stereocenters. The molecule has 2 aliphatic heterocycles. The van der Waals surface area contributed by atoms with Gasteiger partial charge in [-0.2, -0.15) is 0 Å². The van der Waals surface area contributed by atoms with E-state index in [-0.39, 0.29) is 29.2 Å². The van der Waals surface area contributed by atoms with Gasteiger partial charge in [0.25, 0.3) is 0 Å². The molecule has 2 heterocycles. The Morgan fingerprint density at radius 3 is 2.33 bits per heavy atom. The molecule has 1 aromatic carbocycles. The summed E-state index contributed by atoms with van der Waals surface area (Å²) in [7, 11) is 4.12. The van der Waals surface area contributed by atoms with Crippen LogP contribution in [0.4, 0.5) is 5.69 Å². The van der Waals surface area contributed by atoms with Crippen molar-refractivity contribution >= 4 is 17.5 Å². The fraction of sp³-hybridized carbons (Fsp3) is 0.667. The highest BCUT2D eigenvalue weighted by Crippen LogP contribution is 2.28. The van der Waals surface area contributed by atoms with Crippen LogP contribution < -0.4 is 10.2 Å². The minimum Gasteiger partial charge on any atom is -0.355 e. The Bertz CT molecular complexity index is 736. The van der Waals surface area contributed by atoms with E-state index >= 15 is 0 Å². The molecule has 0 bridgehead atoms. The number of amides is 2. The molecule has 2 fully saturated rings. The van der Waals surface area contributed by atoms with Gasteiger partial charge in [-0.1, -0.05) is 31.5 Å². The van der Waals surface area contributed by atoms with Gasteiger partial charge < -0.3 is 15.1 Å². The minimum absolute atomic E-state index is 0.0469. The maximum Gasteiger partial charge on any atom is 0.244 e. The molecule has 1 aromatic rings. The van der Waals surface area contributed by atoms with Crippen molar-refractivity contribution < 1.29 is 9.59 Å². The average Bonchev–Trinajstić information content (AvgIpc) is 3.07. The smallest absolute Gasteiger partial charge is 0.244 e. The van der Waals surface area contributed by atoms with Gasteiger partial charge in [-0.15, -0.1) is 0 Å². The summed E-state index contributed by atoms with van der Waals surface area (Å²) in [6.45, 7) is 10.5. The van der Waals surface area contributed by atoms with E-state index in [2.05, 4.69) is 62.1 Å². The van der Waals surface area contributed by atoms with Crippen molar-refractivity contribution in [1.29, 1.82) is 0 Å². The van der Waals surface area contributed by atoms with Crippen LogP contribution in [0.5, 0.6) is 0 Å². The molecule has 0 aromatic heterocycles. The first kappa shape index (κ1) is 22.8. The number of anilines is 1. The number of carbonyl (C=O) groups excluding carboxylic acids is 2. The lowest BCUT2D eigenvalue weighted by molar-refractivity contribution is -0.127. The number of carbonyl (C=O) groups is 2. The quantitative estimate of drug-likeness (QED) is 0.745. The normalized spacial score (nSPS) is 21.5. The van der Waals surface area contributed by atoms with Gasteiger partial charge in [-0.3, -0.25) is 14.5 Å². The van der Waals surface area contributed by atoms with Crippen LogP contribution >= 0.6 is 0 Å². The fourth-order valence-electron chi connectivity index (χ4n) is 4.84. The summed E-state index contributed by atoms with van der Waals surface area (Å²) in [5.41, 5.74) is 2.24. The predicted octanol–water partition coefficient (Wildman–Crippen LogP) is 2.52. The van der Waals surface area contributed by atoms with E-state index in [0.717, 1.165) is 51.1 Å². The van der Waals surface area contributed by atoms with Gasteiger partial charge in [0, 0.05) is 31.2 Å². The van der Waals surface area contributed by atoms with Crippen molar-refractivity contribution in [2.75, 3.05) is 51.7 Å². The summed E-state index contributed by atoms with van der Waals surface area (Å²) in [6.07, 6.45) is 2.52. The van der Waals surface area contributed by atoms with Crippen LogP contribution in [0.1, 0.15) is 38.7 Å². The third-order valence-electron chi connectivity index (χ3n) is 6.35. The molecule has 3 rings (SSSR count). The van der Waals surface area contributed by atoms with Crippen LogP contribution in [-0.4, -0.2) is 74.5 Å². The van der Waals surface area contributed by atoms with Crippen LogP contribution in [0.2, 0.25) is 0 Å². The SMILES string of the molecule is Cc1ccc(N2CCC(N3CCC(C(=O)NCC(C)(C)CN(C)C)CC3)C2=O)cc1. The number of hydrogen-bond acceptors (Lipinski definition) is 4. The molecule has 2 aliphatic rings. The number of benzene rings is 1. The Hall–Kier alpha value is -1.92. The van der Waals surface area contributed by atoms with Gasteiger partial charge in [-0.25, -0.2) is 0 Å². The van der Waals surface area contributed by atoms with E-state index in [0.29, 0.717) is 6.54 Å². The van der Waals surface area contributed by atoms with E-state index < -0.39 is 0 Å². The number of piperidine rings is 1. The van der Waals surface area contributed by atoms with E-state index in [1.807, 2.05) is 17.0 Å². The predicted molar refractivity (Wildman–Crippen MR) is 122 cm³/mol. The first-order valence-electron chi connectivity index (χ1n) is 11.2. The van der Waals surface area contributed by atoms with E-state index in [9.17, 15) is 9.59 Å². The molecule has 0 saturated carbocycles. The van der Waals surface area contributed by atoms with Crippen LogP contribution in [-0.2, 0) is 9.59 Å². The van der Waals surface area contributed by atoms with Crippen molar-refractivity contribution in [1.82, 2.24) is 15.1 Å². The third kappa shape index (κ3) is 5.61. The summed E-state index contributed by atoms with van der Waals surface area (Å²) >= 11 is 0. The number of likely N-dealkylation sites (tertiary alicyclic amines) is 1. The molecule has 2 saturated heterocycles. The Balaban J connectivity index is 1.48. The van der Waals surface area contributed by atoms with Gasteiger partial charge in [0.1, 0.15) is 0 Å². The first-order valence-corrected chi connectivity index (χ1v) is 11.2. The first-order chi connectivity index (χ1) is 14.2. The molecule has 30 heavy (non-hydrogen) atoms. The Kier molecular flexibility index (Phi) is 7.19. The molecule has 2 amide bonds. The summed E-state index contributed by atoms with van der Waals surface area (Å²) < 4.78 is 0. The molecule has 0 radical (unpaired) electrons. The number of rotatable bonds is 7. The average molecular weight is 415 g/mol. The van der Waals surface area contributed by atoms with Crippen molar-refractivity contribution in [3.63, 3.8) is 0 Å². The molecular formula is C24H38N4O2. The Labute approximate surface area is 181 Å². The van der Waals surface area contributed by atoms with Crippen LogP contribution in [0.25, 0.3) is 0 Å². The molecule has 0 aliphatic carbocycles. The standard InChI is InChI=1S/C24H38N4O2/c1-18-6-8-20(9-7-18)28-15-12-21(23(28)30)27-13-10-19(11-14-27)22(29)25-16-24(2,3)17-26(4)5/h6-9,19,21H,10-17H2,1-5H3,(H,25,29). The van der Waals surface area contributed by atoms with Gasteiger partial charge >= 0.3 is 0 Å². The van der Waals surface area contributed by atoms with Gasteiger partial charge in [0.05, 0.1) is 6.04 Å². The summed E-state index contributed by atoms with van der Waals surface area (Å²) in [5, 5.41) is 3.16. The molecule has 166 valence electrons. The number of hydrogen-bond donors (Lipinski definition) is 1. The lowest BCUT2D eigenvalue weighted by atomic mass is 9.91. The van der Waals surface area contributed by atoms with Crippen molar-refractivity contribution in [3.05, 3.63) is 29.8 Å². The lowest BCUT2D eigenvalue weighted by Crippen LogP contribution is -2.49. The van der Waals surface area contributed by atoms with Crippen molar-refractivity contribution in [2.45, 2.75) is 46.1 Å². The van der Waals surface area contributed by atoms with E-state index in [1.165, 1.54) is 5.56 Å². The summed E-state index contributed by atoms with van der Waals surface area (Å²) in [4.78, 5) is 32.0. The highest BCUT2D eigenvalue weighted by atomic mass is 16.2. The second kappa shape index (κ2) is 9.48. The van der Waals surface area contributed by atoms with Crippen LogP contribution in [0.3, 0.4) is 0 Å². The molecular weight excluding hydrogens is 376 g/mol. The zero-order valence-corrected chi connectivity index (χ0v) is 19.3. The topological polar surface area (TPSA) is 55.9 Å². The van der Waals surface area contributed by atoms with E-state index in [4.69, 9.17) is 0 Å². The molecule has 0 spiro atoms. The molecule has 6 nitrogen and oxygen atoms in total. The monoisotopic (exact) mass is 414 g/mol.